The Bertz CT molecular complexity index is 655. The monoisotopic (exact) mass is 346 g/mol. The lowest BCUT2D eigenvalue weighted by atomic mass is 10.2. The van der Waals surface area contributed by atoms with Gasteiger partial charge in [-0.2, -0.15) is 0 Å². The molecule has 19 heavy (non-hydrogen) atoms. The van der Waals surface area contributed by atoms with Gasteiger partial charge in [0.1, 0.15) is 0 Å². The molecule has 0 amide bonds. The van der Waals surface area contributed by atoms with E-state index in [4.69, 9.17) is 9.63 Å². The minimum absolute atomic E-state index is 0.0243. The second-order valence-electron chi connectivity index (χ2n) is 3.73. The maximum atomic E-state index is 12.1. The quantitative estimate of drug-likeness (QED) is 0.853. The number of rotatable bonds is 5. The zero-order valence-electron chi connectivity index (χ0n) is 9.71. The number of nitrogens with one attached hydrogen (secondary N) is 1. The third-order valence-corrected chi connectivity index (χ3v) is 4.77. The van der Waals surface area contributed by atoms with E-state index in [0.717, 1.165) is 0 Å². The van der Waals surface area contributed by atoms with Crippen LogP contribution in [0.1, 0.15) is 11.3 Å². The van der Waals surface area contributed by atoms with E-state index in [2.05, 4.69) is 25.8 Å². The van der Waals surface area contributed by atoms with Crippen molar-refractivity contribution in [3.63, 3.8) is 0 Å². The highest BCUT2D eigenvalue weighted by molar-refractivity contribution is 9.10. The third kappa shape index (κ3) is 3.41. The zero-order chi connectivity index (χ0) is 13.9. The van der Waals surface area contributed by atoms with Crippen LogP contribution in [0.15, 0.2) is 44.4 Å². The number of aromatic nitrogens is 1. The first-order valence-corrected chi connectivity index (χ1v) is 7.59. The van der Waals surface area contributed by atoms with Crippen molar-refractivity contribution in [2.24, 2.45) is 0 Å². The van der Waals surface area contributed by atoms with Gasteiger partial charge >= 0.3 is 0 Å². The summed E-state index contributed by atoms with van der Waals surface area (Å²) in [5, 5.41) is 12.5. The van der Waals surface area contributed by atoms with Crippen molar-refractivity contribution >= 4 is 26.0 Å². The molecule has 6 nitrogen and oxygen atoms in total. The summed E-state index contributed by atoms with van der Waals surface area (Å²) in [4.78, 5) is 0.101. The van der Waals surface area contributed by atoms with Crippen molar-refractivity contribution in [1.29, 1.82) is 0 Å². The average Bonchev–Trinajstić information content (AvgIpc) is 2.89. The van der Waals surface area contributed by atoms with Crippen molar-refractivity contribution in [2.75, 3.05) is 0 Å². The van der Waals surface area contributed by atoms with Crippen LogP contribution in [0.25, 0.3) is 0 Å². The lowest BCUT2D eigenvalue weighted by molar-refractivity contribution is 0.281. The van der Waals surface area contributed by atoms with Crippen LogP contribution >= 0.6 is 15.9 Å². The Morgan fingerprint density at radius 2 is 2.16 bits per heavy atom. The number of sulfonamides is 1. The topological polar surface area (TPSA) is 92.4 Å². The first-order chi connectivity index (χ1) is 9.03. The Balaban J connectivity index is 2.19. The smallest absolute Gasteiger partial charge is 0.242 e. The SMILES string of the molecule is O=S(=O)(NCc1ccno1)c1ccc(CO)cc1Br. The number of hydrogen-bond donors (Lipinski definition) is 2. The molecule has 102 valence electrons. The van der Waals surface area contributed by atoms with E-state index in [0.29, 0.717) is 15.8 Å². The van der Waals surface area contributed by atoms with Gasteiger partial charge in [-0.05, 0) is 33.6 Å². The molecule has 1 aromatic heterocycles. The second-order valence-corrected chi connectivity index (χ2v) is 6.32. The van der Waals surface area contributed by atoms with Crippen molar-refractivity contribution < 1.29 is 18.0 Å². The highest BCUT2D eigenvalue weighted by Gasteiger charge is 2.18. The van der Waals surface area contributed by atoms with Gasteiger partial charge in [0, 0.05) is 10.5 Å². The highest BCUT2D eigenvalue weighted by atomic mass is 79.9. The fourth-order valence-corrected chi connectivity index (χ4v) is 3.55. The van der Waals surface area contributed by atoms with Crippen LogP contribution in [-0.4, -0.2) is 18.7 Å². The normalized spacial score (nSPS) is 11.7. The summed E-state index contributed by atoms with van der Waals surface area (Å²) >= 11 is 3.18. The Hall–Kier alpha value is -1.22. The Labute approximate surface area is 118 Å². The average molecular weight is 347 g/mol. The molecule has 8 heteroatoms. The van der Waals surface area contributed by atoms with Crippen LogP contribution in [0.5, 0.6) is 0 Å². The molecule has 2 N–H and O–H groups in total. The van der Waals surface area contributed by atoms with Gasteiger partial charge < -0.3 is 9.63 Å². The zero-order valence-corrected chi connectivity index (χ0v) is 12.1. The predicted molar refractivity (Wildman–Crippen MR) is 70.6 cm³/mol. The molecule has 0 radical (unpaired) electrons. The van der Waals surface area contributed by atoms with E-state index in [9.17, 15) is 8.42 Å². The Kier molecular flexibility index (Phi) is 4.35. The number of benzene rings is 1. The number of hydrogen-bond acceptors (Lipinski definition) is 5. The van der Waals surface area contributed by atoms with Gasteiger partial charge in [-0.1, -0.05) is 11.2 Å². The molecule has 1 heterocycles. The van der Waals surface area contributed by atoms with E-state index in [-0.39, 0.29) is 18.0 Å². The van der Waals surface area contributed by atoms with E-state index in [1.807, 2.05) is 0 Å². The van der Waals surface area contributed by atoms with Gasteiger partial charge in [0.05, 0.1) is 24.2 Å². The van der Waals surface area contributed by atoms with Crippen LogP contribution in [0.2, 0.25) is 0 Å². The molecule has 0 bridgehead atoms. The summed E-state index contributed by atoms with van der Waals surface area (Å²) in [7, 11) is -3.66. The van der Waals surface area contributed by atoms with Crippen molar-refractivity contribution in [2.45, 2.75) is 18.0 Å². The summed E-state index contributed by atoms with van der Waals surface area (Å²) in [6, 6.07) is 6.11. The molecule has 0 fully saturated rings. The lowest BCUT2D eigenvalue weighted by Gasteiger charge is -2.08. The summed E-state index contributed by atoms with van der Waals surface area (Å²) in [6.45, 7) is -0.124. The molecule has 0 saturated heterocycles. The summed E-state index contributed by atoms with van der Waals surface area (Å²) < 4.78 is 31.8. The summed E-state index contributed by atoms with van der Waals surface area (Å²) in [6.07, 6.45) is 1.44. The minimum atomic E-state index is -3.66. The number of aliphatic hydroxyl groups is 1. The standard InChI is InChI=1S/C11H11BrN2O4S/c12-10-5-8(7-15)1-2-11(10)19(16,17)14-6-9-3-4-13-18-9/h1-5,14-15H,6-7H2. The minimum Gasteiger partial charge on any atom is -0.392 e. The predicted octanol–water partition coefficient (Wildman–Crippen LogP) is 1.41. The van der Waals surface area contributed by atoms with Crippen molar-refractivity contribution in [3.05, 3.63) is 46.3 Å². The summed E-state index contributed by atoms with van der Waals surface area (Å²) in [5.74, 6) is 0.423. The number of nitrogens with zero attached hydrogens (tertiary/aromatic N) is 1. The molecule has 0 saturated carbocycles. The fourth-order valence-electron chi connectivity index (χ4n) is 1.44. The third-order valence-electron chi connectivity index (χ3n) is 2.40. The fraction of sp³-hybridized carbons (Fsp3) is 0.182. The molecule has 1 aromatic carbocycles. The van der Waals surface area contributed by atoms with E-state index >= 15 is 0 Å². The molecule has 0 unspecified atom stereocenters. The molecule has 0 aliphatic rings. The second kappa shape index (κ2) is 5.83. The maximum absolute atomic E-state index is 12.1. The van der Waals surface area contributed by atoms with E-state index in [1.54, 1.807) is 18.2 Å². The lowest BCUT2D eigenvalue weighted by Crippen LogP contribution is -2.23. The number of aliphatic hydroxyl groups excluding tert-OH is 1. The van der Waals surface area contributed by atoms with E-state index < -0.39 is 10.0 Å². The first kappa shape index (κ1) is 14.2. The molecular weight excluding hydrogens is 336 g/mol. The van der Waals surface area contributed by atoms with Gasteiger partial charge in [-0.3, -0.25) is 0 Å². The molecule has 0 aliphatic heterocycles. The van der Waals surface area contributed by atoms with Crippen LogP contribution in [0.4, 0.5) is 0 Å². The van der Waals surface area contributed by atoms with Crippen LogP contribution in [0.3, 0.4) is 0 Å². The van der Waals surface area contributed by atoms with Crippen LogP contribution < -0.4 is 4.72 Å². The molecule has 0 atom stereocenters. The first-order valence-electron chi connectivity index (χ1n) is 5.31. The highest BCUT2D eigenvalue weighted by Crippen LogP contribution is 2.23. The van der Waals surface area contributed by atoms with Crippen LogP contribution in [-0.2, 0) is 23.2 Å². The van der Waals surface area contributed by atoms with Crippen molar-refractivity contribution in [1.82, 2.24) is 9.88 Å². The van der Waals surface area contributed by atoms with Gasteiger partial charge in [0.25, 0.3) is 0 Å². The van der Waals surface area contributed by atoms with Gasteiger partial charge in [-0.25, -0.2) is 13.1 Å². The molecule has 0 spiro atoms. The Morgan fingerprint density at radius 3 is 2.74 bits per heavy atom. The van der Waals surface area contributed by atoms with Gasteiger partial charge in [0.2, 0.25) is 10.0 Å². The number of halogens is 1. The van der Waals surface area contributed by atoms with Gasteiger partial charge in [0.15, 0.2) is 5.76 Å². The maximum Gasteiger partial charge on any atom is 0.242 e. The van der Waals surface area contributed by atoms with Crippen molar-refractivity contribution in [3.8, 4) is 0 Å². The van der Waals surface area contributed by atoms with Crippen LogP contribution in [0, 0.1) is 0 Å². The molecule has 2 rings (SSSR count). The Morgan fingerprint density at radius 1 is 1.37 bits per heavy atom. The molecule has 2 aromatic rings. The molecular formula is C11H11BrN2O4S. The molecule has 0 aliphatic carbocycles. The van der Waals surface area contributed by atoms with E-state index in [1.165, 1.54) is 12.3 Å². The largest absolute Gasteiger partial charge is 0.392 e. The summed E-state index contributed by atoms with van der Waals surface area (Å²) in [5.41, 5.74) is 0.626. The van der Waals surface area contributed by atoms with Gasteiger partial charge in [-0.15, -0.1) is 0 Å².